The molecule has 2 heterocycles. The number of piperazine rings is 1. The molecule has 1 saturated heterocycles. The summed E-state index contributed by atoms with van der Waals surface area (Å²) in [5.41, 5.74) is 3.23. The third-order valence-electron chi connectivity index (χ3n) is 5.92. The standard InChI is InChI=1S/C23H19ClN2O5S2/c24-18-6-5-17-9-22(32-20(17)10-18)33(30,31)26-13-21(27)25(12-19(26)23(28)29)11-14-7-15-3-1-2-4-16(15)8-14/h1-7,9-10,19H,8,11-13H2,(H,28,29). The minimum absolute atomic E-state index is 0.0128. The average molecular weight is 503 g/mol. The Morgan fingerprint density at radius 3 is 2.73 bits per heavy atom. The van der Waals surface area contributed by atoms with Crippen LogP contribution in [0.2, 0.25) is 5.02 Å². The van der Waals surface area contributed by atoms with E-state index in [0.29, 0.717) is 21.5 Å². The molecule has 10 heteroatoms. The summed E-state index contributed by atoms with van der Waals surface area (Å²) in [6.45, 7) is -0.459. The molecule has 1 amide bonds. The maximum Gasteiger partial charge on any atom is 0.323 e. The van der Waals surface area contributed by atoms with E-state index >= 15 is 0 Å². The van der Waals surface area contributed by atoms with E-state index in [-0.39, 0.29) is 17.3 Å². The van der Waals surface area contributed by atoms with Crippen molar-refractivity contribution in [3.05, 3.63) is 70.3 Å². The van der Waals surface area contributed by atoms with E-state index in [4.69, 9.17) is 11.6 Å². The van der Waals surface area contributed by atoms with Gasteiger partial charge in [0.25, 0.3) is 10.0 Å². The van der Waals surface area contributed by atoms with E-state index in [1.54, 1.807) is 18.2 Å². The number of carboxylic acids is 1. The van der Waals surface area contributed by atoms with E-state index < -0.39 is 34.5 Å². The molecule has 1 aliphatic carbocycles. The van der Waals surface area contributed by atoms with E-state index in [9.17, 15) is 23.1 Å². The third-order valence-corrected chi connectivity index (χ3v) is 9.56. The van der Waals surface area contributed by atoms with Crippen molar-refractivity contribution in [2.75, 3.05) is 19.6 Å². The topological polar surface area (TPSA) is 95.0 Å². The molecule has 0 spiro atoms. The number of rotatable bonds is 5. The number of hydrogen-bond donors (Lipinski definition) is 1. The van der Waals surface area contributed by atoms with Crippen LogP contribution in [-0.2, 0) is 26.0 Å². The average Bonchev–Trinajstić information content (AvgIpc) is 3.38. The Morgan fingerprint density at radius 1 is 1.18 bits per heavy atom. The minimum Gasteiger partial charge on any atom is -0.480 e. The van der Waals surface area contributed by atoms with Crippen molar-refractivity contribution in [1.29, 1.82) is 0 Å². The van der Waals surface area contributed by atoms with Crippen LogP contribution in [-0.4, -0.2) is 60.3 Å². The Morgan fingerprint density at radius 2 is 1.97 bits per heavy atom. The molecule has 1 fully saturated rings. The largest absolute Gasteiger partial charge is 0.480 e. The van der Waals surface area contributed by atoms with Crippen molar-refractivity contribution in [3.63, 3.8) is 0 Å². The van der Waals surface area contributed by atoms with Crippen LogP contribution < -0.4 is 0 Å². The molecule has 33 heavy (non-hydrogen) atoms. The second-order valence-electron chi connectivity index (χ2n) is 8.10. The predicted octanol–water partition coefficient (Wildman–Crippen LogP) is 3.48. The van der Waals surface area contributed by atoms with E-state index in [1.165, 1.54) is 11.0 Å². The van der Waals surface area contributed by atoms with E-state index in [1.807, 2.05) is 30.3 Å². The van der Waals surface area contributed by atoms with Gasteiger partial charge < -0.3 is 10.0 Å². The SMILES string of the molecule is O=C(O)C1CN(CC2=Cc3ccccc3C2)C(=O)CN1S(=O)(=O)c1cc2ccc(Cl)cc2s1. The van der Waals surface area contributed by atoms with Crippen molar-refractivity contribution in [2.24, 2.45) is 0 Å². The number of carbonyl (C=O) groups excluding carboxylic acids is 1. The fourth-order valence-corrected chi connectivity index (χ4v) is 7.60. The number of benzene rings is 2. The first kappa shape index (κ1) is 22.1. The quantitative estimate of drug-likeness (QED) is 0.576. The first-order valence-corrected chi connectivity index (χ1v) is 12.8. The number of aliphatic carboxylic acids is 1. The number of sulfonamides is 1. The highest BCUT2D eigenvalue weighted by atomic mass is 35.5. The molecule has 3 aromatic rings. The lowest BCUT2D eigenvalue weighted by atomic mass is 10.1. The van der Waals surface area contributed by atoms with Gasteiger partial charge in [-0.2, -0.15) is 4.31 Å². The maximum atomic E-state index is 13.4. The first-order chi connectivity index (χ1) is 15.7. The zero-order valence-electron chi connectivity index (χ0n) is 17.3. The van der Waals surface area contributed by atoms with Crippen molar-refractivity contribution in [1.82, 2.24) is 9.21 Å². The van der Waals surface area contributed by atoms with Gasteiger partial charge in [-0.15, -0.1) is 11.3 Å². The zero-order chi connectivity index (χ0) is 23.3. The summed E-state index contributed by atoms with van der Waals surface area (Å²) in [6.07, 6.45) is 2.69. The molecule has 1 N–H and O–H groups in total. The van der Waals surface area contributed by atoms with Crippen molar-refractivity contribution in [2.45, 2.75) is 16.7 Å². The summed E-state index contributed by atoms with van der Waals surface area (Å²) in [5.74, 6) is -1.71. The fourth-order valence-electron chi connectivity index (χ4n) is 4.27. The number of nitrogens with zero attached hydrogens (tertiary/aromatic N) is 2. The lowest BCUT2D eigenvalue weighted by Crippen LogP contribution is -2.60. The molecule has 0 saturated carbocycles. The summed E-state index contributed by atoms with van der Waals surface area (Å²) >= 11 is 7.01. The van der Waals surface area contributed by atoms with Gasteiger partial charge in [-0.1, -0.05) is 48.0 Å². The molecule has 2 aromatic carbocycles. The molecule has 0 radical (unpaired) electrons. The van der Waals surface area contributed by atoms with Crippen LogP contribution >= 0.6 is 22.9 Å². The highest BCUT2D eigenvalue weighted by Crippen LogP contribution is 2.34. The third kappa shape index (κ3) is 4.06. The summed E-state index contributed by atoms with van der Waals surface area (Å²) < 4.78 is 28.2. The predicted molar refractivity (Wildman–Crippen MR) is 127 cm³/mol. The van der Waals surface area contributed by atoms with E-state index in [0.717, 1.165) is 32.3 Å². The maximum absolute atomic E-state index is 13.4. The van der Waals surface area contributed by atoms with Crippen LogP contribution in [0.25, 0.3) is 16.2 Å². The van der Waals surface area contributed by atoms with Crippen molar-refractivity contribution >= 4 is 61.0 Å². The Balaban J connectivity index is 1.40. The molecule has 1 unspecified atom stereocenters. The van der Waals surface area contributed by atoms with Gasteiger partial charge in [-0.25, -0.2) is 8.42 Å². The molecule has 7 nitrogen and oxygen atoms in total. The molecule has 2 aliphatic rings. The summed E-state index contributed by atoms with van der Waals surface area (Å²) in [4.78, 5) is 26.4. The molecular weight excluding hydrogens is 484 g/mol. The lowest BCUT2D eigenvalue weighted by molar-refractivity contribution is -0.147. The number of halogens is 1. The number of thiophene rings is 1. The van der Waals surface area contributed by atoms with Gasteiger partial charge in [0.15, 0.2) is 0 Å². The van der Waals surface area contributed by atoms with Gasteiger partial charge in [0, 0.05) is 22.8 Å². The van der Waals surface area contributed by atoms with Gasteiger partial charge in [0.2, 0.25) is 5.91 Å². The number of fused-ring (bicyclic) bond motifs is 2. The molecule has 0 bridgehead atoms. The van der Waals surface area contributed by atoms with Gasteiger partial charge >= 0.3 is 5.97 Å². The highest BCUT2D eigenvalue weighted by molar-refractivity contribution is 7.91. The molecule has 1 atom stereocenters. The van der Waals surface area contributed by atoms with Crippen LogP contribution in [0.1, 0.15) is 11.1 Å². The number of carbonyl (C=O) groups is 2. The Bertz CT molecular complexity index is 1430. The smallest absolute Gasteiger partial charge is 0.323 e. The number of amides is 1. The van der Waals surface area contributed by atoms with Crippen LogP contribution in [0.15, 0.2) is 58.3 Å². The Kier molecular flexibility index (Phi) is 5.52. The van der Waals surface area contributed by atoms with Gasteiger partial charge in [0.1, 0.15) is 10.3 Å². The highest BCUT2D eigenvalue weighted by Gasteiger charge is 2.44. The van der Waals surface area contributed by atoms with Crippen molar-refractivity contribution in [3.8, 4) is 0 Å². The second-order valence-corrected chi connectivity index (χ2v) is 11.7. The number of hydrogen-bond acceptors (Lipinski definition) is 5. The van der Waals surface area contributed by atoms with Crippen LogP contribution in [0.3, 0.4) is 0 Å². The molecule has 1 aromatic heterocycles. The minimum atomic E-state index is -4.19. The van der Waals surface area contributed by atoms with Gasteiger partial charge in [0.05, 0.1) is 6.54 Å². The first-order valence-electron chi connectivity index (χ1n) is 10.2. The fraction of sp³-hybridized carbons (Fsp3) is 0.217. The monoisotopic (exact) mass is 502 g/mol. The summed E-state index contributed by atoms with van der Waals surface area (Å²) in [5, 5.41) is 11.0. The van der Waals surface area contributed by atoms with Crippen LogP contribution in [0, 0.1) is 0 Å². The summed E-state index contributed by atoms with van der Waals surface area (Å²) in [6, 6.07) is 13.0. The molecular formula is C23H19ClN2O5S2. The van der Waals surface area contributed by atoms with Crippen LogP contribution in [0.5, 0.6) is 0 Å². The Hall–Kier alpha value is -2.72. The van der Waals surface area contributed by atoms with Gasteiger partial charge in [-0.05, 0) is 46.7 Å². The molecule has 5 rings (SSSR count). The zero-order valence-corrected chi connectivity index (χ0v) is 19.7. The van der Waals surface area contributed by atoms with Crippen molar-refractivity contribution < 1.29 is 23.1 Å². The normalized spacial score (nSPS) is 19.1. The second kappa shape index (κ2) is 8.25. The number of carboxylic acid groups (broad SMARTS) is 1. The lowest BCUT2D eigenvalue weighted by Gasteiger charge is -2.38. The molecule has 1 aliphatic heterocycles. The Labute approximate surface area is 199 Å². The van der Waals surface area contributed by atoms with E-state index in [2.05, 4.69) is 0 Å². The molecule has 170 valence electrons. The van der Waals surface area contributed by atoms with Crippen LogP contribution in [0.4, 0.5) is 0 Å². The summed E-state index contributed by atoms with van der Waals surface area (Å²) in [7, 11) is -4.19. The van der Waals surface area contributed by atoms with Gasteiger partial charge in [-0.3, -0.25) is 9.59 Å².